The molecule has 1 atom stereocenters. The van der Waals surface area contributed by atoms with Gasteiger partial charge in [-0.1, -0.05) is 13.0 Å². The minimum absolute atomic E-state index is 0.285. The number of aryl methyl sites for hydroxylation is 1. The van der Waals surface area contributed by atoms with Crippen molar-refractivity contribution in [2.75, 3.05) is 5.32 Å². The second-order valence-electron chi connectivity index (χ2n) is 6.56. The van der Waals surface area contributed by atoms with Gasteiger partial charge in [0.25, 0.3) is 0 Å². The minimum Gasteiger partial charge on any atom is -0.393 e. The molecule has 0 amide bonds. The number of hydrogen-bond donors (Lipinski definition) is 2. The summed E-state index contributed by atoms with van der Waals surface area (Å²) in [4.78, 5) is 4.17. The van der Waals surface area contributed by atoms with Crippen LogP contribution in [0, 0.1) is 6.92 Å². The lowest BCUT2D eigenvalue weighted by molar-refractivity contribution is -0.137. The fourth-order valence-electron chi connectivity index (χ4n) is 2.82. The number of alkyl halides is 3. The van der Waals surface area contributed by atoms with E-state index in [0.717, 1.165) is 29.2 Å². The first kappa shape index (κ1) is 19.9. The van der Waals surface area contributed by atoms with Crippen molar-refractivity contribution >= 4 is 11.5 Å². The Hall–Kier alpha value is -2.87. The maximum atomic E-state index is 12.9. The van der Waals surface area contributed by atoms with Crippen LogP contribution in [0.15, 0.2) is 48.7 Å². The number of hydrogen-bond acceptors (Lipinski definition) is 4. The molecule has 0 aliphatic carbocycles. The standard InChI is InChI=1S/C20H21F3N4O/c1-3-18(28)11-17-12-19(26-27(17)16-7-8-24-13(2)9-16)25-15-6-4-5-14(10-15)20(21,22)23/h4-10,12,18,28H,3,11H2,1-2H3,(H,25,26)/t18-/m0/s1. The van der Waals surface area contributed by atoms with Crippen LogP contribution in [0.4, 0.5) is 24.7 Å². The maximum Gasteiger partial charge on any atom is 0.416 e. The molecule has 0 bridgehead atoms. The molecule has 0 spiro atoms. The predicted molar refractivity (Wildman–Crippen MR) is 101 cm³/mol. The smallest absolute Gasteiger partial charge is 0.393 e. The SMILES string of the molecule is CC[C@H](O)Cc1cc(Nc2cccc(C(F)(F)F)c2)nn1-c1ccnc(C)c1. The van der Waals surface area contributed by atoms with Gasteiger partial charge in [-0.3, -0.25) is 4.98 Å². The molecule has 0 saturated heterocycles. The Balaban J connectivity index is 1.95. The molecular formula is C20H21F3N4O. The highest BCUT2D eigenvalue weighted by molar-refractivity contribution is 5.58. The van der Waals surface area contributed by atoms with E-state index in [0.29, 0.717) is 18.7 Å². The second kappa shape index (κ2) is 8.02. The molecule has 2 N–H and O–H groups in total. The Morgan fingerprint density at radius 2 is 1.96 bits per heavy atom. The van der Waals surface area contributed by atoms with Gasteiger partial charge in [-0.15, -0.1) is 5.10 Å². The number of aliphatic hydroxyl groups excluding tert-OH is 1. The Bertz CT molecular complexity index is 953. The Morgan fingerprint density at radius 1 is 1.18 bits per heavy atom. The zero-order valence-electron chi connectivity index (χ0n) is 15.5. The average molecular weight is 390 g/mol. The highest BCUT2D eigenvalue weighted by Gasteiger charge is 2.30. The zero-order chi connectivity index (χ0) is 20.3. The minimum atomic E-state index is -4.41. The zero-order valence-corrected chi connectivity index (χ0v) is 15.5. The van der Waals surface area contributed by atoms with E-state index < -0.39 is 17.8 Å². The summed E-state index contributed by atoms with van der Waals surface area (Å²) in [5.41, 5.74) is 1.87. The number of nitrogens with one attached hydrogen (secondary N) is 1. The summed E-state index contributed by atoms with van der Waals surface area (Å²) in [6, 6.07) is 10.3. The summed E-state index contributed by atoms with van der Waals surface area (Å²) in [7, 11) is 0. The monoisotopic (exact) mass is 390 g/mol. The van der Waals surface area contributed by atoms with Gasteiger partial charge in [0.2, 0.25) is 0 Å². The van der Waals surface area contributed by atoms with E-state index in [1.54, 1.807) is 29.1 Å². The van der Waals surface area contributed by atoms with Gasteiger partial charge in [0.15, 0.2) is 5.82 Å². The normalized spacial score (nSPS) is 12.8. The lowest BCUT2D eigenvalue weighted by Crippen LogP contribution is -2.12. The highest BCUT2D eigenvalue weighted by atomic mass is 19.4. The number of pyridine rings is 1. The fraction of sp³-hybridized carbons (Fsp3) is 0.300. The van der Waals surface area contributed by atoms with Crippen molar-refractivity contribution in [3.8, 4) is 5.69 Å². The van der Waals surface area contributed by atoms with Crippen molar-refractivity contribution in [3.63, 3.8) is 0 Å². The van der Waals surface area contributed by atoms with Gasteiger partial charge in [-0.25, -0.2) is 4.68 Å². The van der Waals surface area contributed by atoms with Gasteiger partial charge in [-0.05, 0) is 43.7 Å². The van der Waals surface area contributed by atoms with Gasteiger partial charge in [0.05, 0.1) is 17.4 Å². The van der Waals surface area contributed by atoms with E-state index >= 15 is 0 Å². The molecule has 0 aliphatic rings. The first-order valence-corrected chi connectivity index (χ1v) is 8.90. The predicted octanol–water partition coefficient (Wildman–Crippen LogP) is 4.65. The molecule has 148 valence electrons. The van der Waals surface area contributed by atoms with E-state index in [1.807, 2.05) is 19.9 Å². The number of nitrogens with zero attached hydrogens (tertiary/aromatic N) is 3. The van der Waals surface area contributed by atoms with Crippen molar-refractivity contribution in [2.24, 2.45) is 0 Å². The van der Waals surface area contributed by atoms with Crippen LogP contribution in [-0.2, 0) is 12.6 Å². The van der Waals surface area contributed by atoms with Crippen molar-refractivity contribution in [3.05, 3.63) is 65.6 Å². The quantitative estimate of drug-likeness (QED) is 0.643. The van der Waals surface area contributed by atoms with E-state index in [2.05, 4.69) is 15.4 Å². The van der Waals surface area contributed by atoms with Crippen LogP contribution in [0.2, 0.25) is 0 Å². The average Bonchev–Trinajstić information content (AvgIpc) is 3.03. The van der Waals surface area contributed by atoms with Crippen molar-refractivity contribution in [1.82, 2.24) is 14.8 Å². The van der Waals surface area contributed by atoms with Gasteiger partial charge < -0.3 is 10.4 Å². The first-order valence-electron chi connectivity index (χ1n) is 8.90. The molecule has 2 heterocycles. The highest BCUT2D eigenvalue weighted by Crippen LogP contribution is 2.31. The van der Waals surface area contributed by atoms with Crippen molar-refractivity contribution in [2.45, 2.75) is 39.0 Å². The molecule has 1 aromatic carbocycles. The number of anilines is 2. The third-order valence-electron chi connectivity index (χ3n) is 4.29. The third kappa shape index (κ3) is 4.69. The topological polar surface area (TPSA) is 63.0 Å². The van der Waals surface area contributed by atoms with E-state index in [-0.39, 0.29) is 5.69 Å². The molecule has 0 saturated carbocycles. The van der Waals surface area contributed by atoms with Crippen LogP contribution in [0.25, 0.3) is 5.69 Å². The summed E-state index contributed by atoms with van der Waals surface area (Å²) in [6.07, 6.45) is -2.35. The van der Waals surface area contributed by atoms with Crippen LogP contribution in [0.1, 0.15) is 30.3 Å². The lowest BCUT2D eigenvalue weighted by atomic mass is 10.1. The fourth-order valence-corrected chi connectivity index (χ4v) is 2.82. The van der Waals surface area contributed by atoms with Gasteiger partial charge in [-0.2, -0.15) is 13.2 Å². The lowest BCUT2D eigenvalue weighted by Gasteiger charge is -2.10. The van der Waals surface area contributed by atoms with E-state index in [9.17, 15) is 18.3 Å². The van der Waals surface area contributed by atoms with Crippen LogP contribution in [0.3, 0.4) is 0 Å². The van der Waals surface area contributed by atoms with Crippen LogP contribution in [-0.4, -0.2) is 26.0 Å². The molecule has 8 heteroatoms. The Labute approximate surface area is 160 Å². The Morgan fingerprint density at radius 3 is 2.64 bits per heavy atom. The third-order valence-corrected chi connectivity index (χ3v) is 4.29. The molecule has 0 aliphatic heterocycles. The number of benzene rings is 1. The Kier molecular flexibility index (Phi) is 5.69. The molecule has 2 aromatic heterocycles. The molecule has 3 rings (SSSR count). The van der Waals surface area contributed by atoms with Gasteiger partial charge >= 0.3 is 6.18 Å². The van der Waals surface area contributed by atoms with Gasteiger partial charge in [0, 0.05) is 35.8 Å². The van der Waals surface area contributed by atoms with Crippen LogP contribution >= 0.6 is 0 Å². The summed E-state index contributed by atoms with van der Waals surface area (Å²) in [5.74, 6) is 0.395. The van der Waals surface area contributed by atoms with E-state index in [4.69, 9.17) is 0 Å². The molecular weight excluding hydrogens is 369 g/mol. The molecule has 5 nitrogen and oxygen atoms in total. The molecule has 0 fully saturated rings. The summed E-state index contributed by atoms with van der Waals surface area (Å²) >= 11 is 0. The maximum absolute atomic E-state index is 12.9. The number of rotatable bonds is 6. The summed E-state index contributed by atoms with van der Waals surface area (Å²) in [5, 5.41) is 17.5. The molecule has 0 radical (unpaired) electrons. The largest absolute Gasteiger partial charge is 0.416 e. The van der Waals surface area contributed by atoms with Crippen LogP contribution in [0.5, 0.6) is 0 Å². The summed E-state index contributed by atoms with van der Waals surface area (Å²) < 4.78 is 40.5. The van der Waals surface area contributed by atoms with Crippen LogP contribution < -0.4 is 5.32 Å². The number of aliphatic hydroxyl groups is 1. The van der Waals surface area contributed by atoms with Crippen molar-refractivity contribution < 1.29 is 18.3 Å². The van der Waals surface area contributed by atoms with Crippen molar-refractivity contribution in [1.29, 1.82) is 0 Å². The van der Waals surface area contributed by atoms with E-state index in [1.165, 1.54) is 6.07 Å². The molecule has 3 aromatic rings. The summed E-state index contributed by atoms with van der Waals surface area (Å²) in [6.45, 7) is 3.74. The molecule has 0 unspecified atom stereocenters. The van der Waals surface area contributed by atoms with Gasteiger partial charge in [0.1, 0.15) is 0 Å². The second-order valence-corrected chi connectivity index (χ2v) is 6.56. The molecule has 28 heavy (non-hydrogen) atoms. The first-order chi connectivity index (χ1) is 13.3. The number of halogens is 3. The number of aromatic nitrogens is 3.